The molecular weight excluding hydrogens is 319 g/mol. The average molecular weight is 346 g/mol. The average Bonchev–Trinajstić information content (AvgIpc) is 2.91. The summed E-state index contributed by atoms with van der Waals surface area (Å²) in [5.74, 6) is 0.638. The summed E-state index contributed by atoms with van der Waals surface area (Å²) in [7, 11) is 1.87. The molecule has 2 aromatic rings. The monoisotopic (exact) mass is 346 g/mol. The SMILES string of the molecule is Cn1c(CCNC(=O)CC2(CN)CCCCC2)nc2ccc(F)cc21. The second-order valence-corrected chi connectivity index (χ2v) is 7.26. The number of amides is 1. The summed E-state index contributed by atoms with van der Waals surface area (Å²) in [6.45, 7) is 1.11. The summed E-state index contributed by atoms with van der Waals surface area (Å²) < 4.78 is 15.2. The van der Waals surface area contributed by atoms with E-state index in [-0.39, 0.29) is 17.1 Å². The number of benzene rings is 1. The topological polar surface area (TPSA) is 72.9 Å². The molecule has 0 aliphatic heterocycles. The Morgan fingerprint density at radius 3 is 2.84 bits per heavy atom. The highest BCUT2D eigenvalue weighted by Gasteiger charge is 2.32. The molecule has 3 rings (SSSR count). The van der Waals surface area contributed by atoms with E-state index in [9.17, 15) is 9.18 Å². The predicted molar refractivity (Wildman–Crippen MR) is 96.6 cm³/mol. The Balaban J connectivity index is 1.55. The maximum Gasteiger partial charge on any atom is 0.220 e. The van der Waals surface area contributed by atoms with Gasteiger partial charge in [0.05, 0.1) is 11.0 Å². The van der Waals surface area contributed by atoms with Crippen LogP contribution in [0, 0.1) is 11.2 Å². The van der Waals surface area contributed by atoms with Gasteiger partial charge in [-0.2, -0.15) is 0 Å². The van der Waals surface area contributed by atoms with Crippen molar-refractivity contribution in [3.8, 4) is 0 Å². The van der Waals surface area contributed by atoms with Crippen LogP contribution < -0.4 is 11.1 Å². The van der Waals surface area contributed by atoms with Crippen molar-refractivity contribution in [1.29, 1.82) is 0 Å². The number of halogens is 1. The minimum Gasteiger partial charge on any atom is -0.356 e. The Morgan fingerprint density at radius 2 is 2.12 bits per heavy atom. The smallest absolute Gasteiger partial charge is 0.220 e. The number of nitrogens with zero attached hydrogens (tertiary/aromatic N) is 2. The van der Waals surface area contributed by atoms with Gasteiger partial charge in [0.2, 0.25) is 5.91 Å². The molecule has 6 heteroatoms. The molecule has 1 aliphatic rings. The summed E-state index contributed by atoms with van der Waals surface area (Å²) in [5.41, 5.74) is 7.48. The van der Waals surface area contributed by atoms with E-state index in [4.69, 9.17) is 5.73 Å². The maximum absolute atomic E-state index is 13.4. The summed E-state index contributed by atoms with van der Waals surface area (Å²) in [4.78, 5) is 16.8. The highest BCUT2D eigenvalue weighted by molar-refractivity contribution is 5.77. The molecule has 0 atom stereocenters. The lowest BCUT2D eigenvalue weighted by Crippen LogP contribution is -2.39. The van der Waals surface area contributed by atoms with Gasteiger partial charge >= 0.3 is 0 Å². The van der Waals surface area contributed by atoms with Gasteiger partial charge in [0, 0.05) is 26.4 Å². The fraction of sp³-hybridized carbons (Fsp3) is 0.579. The van der Waals surface area contributed by atoms with Crippen molar-refractivity contribution in [2.24, 2.45) is 18.2 Å². The molecule has 1 aromatic heterocycles. The lowest BCUT2D eigenvalue weighted by Gasteiger charge is -2.35. The molecule has 1 heterocycles. The van der Waals surface area contributed by atoms with Crippen LogP contribution in [0.3, 0.4) is 0 Å². The largest absolute Gasteiger partial charge is 0.356 e. The number of imidazole rings is 1. The third-order valence-electron chi connectivity index (χ3n) is 5.49. The molecule has 1 amide bonds. The number of hydrogen-bond donors (Lipinski definition) is 2. The van der Waals surface area contributed by atoms with E-state index >= 15 is 0 Å². The van der Waals surface area contributed by atoms with E-state index in [1.54, 1.807) is 6.07 Å². The van der Waals surface area contributed by atoms with E-state index in [0.717, 1.165) is 29.7 Å². The van der Waals surface area contributed by atoms with Gasteiger partial charge in [0.25, 0.3) is 0 Å². The van der Waals surface area contributed by atoms with Gasteiger partial charge in [0.1, 0.15) is 11.6 Å². The summed E-state index contributed by atoms with van der Waals surface area (Å²) in [6, 6.07) is 4.58. The fourth-order valence-corrected chi connectivity index (χ4v) is 3.91. The van der Waals surface area contributed by atoms with Crippen LogP contribution in [0.25, 0.3) is 11.0 Å². The third kappa shape index (κ3) is 4.00. The second kappa shape index (κ2) is 7.52. The van der Waals surface area contributed by atoms with Crippen LogP contribution in [0.5, 0.6) is 0 Å². The zero-order valence-corrected chi connectivity index (χ0v) is 14.9. The summed E-state index contributed by atoms with van der Waals surface area (Å²) >= 11 is 0. The molecule has 25 heavy (non-hydrogen) atoms. The summed E-state index contributed by atoms with van der Waals surface area (Å²) in [5, 5.41) is 3.00. The number of nitrogens with one attached hydrogen (secondary N) is 1. The van der Waals surface area contributed by atoms with Crippen LogP contribution in [0.2, 0.25) is 0 Å². The first-order valence-electron chi connectivity index (χ1n) is 9.11. The van der Waals surface area contributed by atoms with Gasteiger partial charge < -0.3 is 15.6 Å². The molecule has 0 radical (unpaired) electrons. The van der Waals surface area contributed by atoms with Crippen molar-refractivity contribution in [1.82, 2.24) is 14.9 Å². The highest BCUT2D eigenvalue weighted by atomic mass is 19.1. The molecule has 5 nitrogen and oxygen atoms in total. The fourth-order valence-electron chi connectivity index (χ4n) is 3.91. The first-order valence-corrected chi connectivity index (χ1v) is 9.11. The quantitative estimate of drug-likeness (QED) is 0.844. The number of rotatable bonds is 6. The van der Waals surface area contributed by atoms with Gasteiger partial charge in [-0.15, -0.1) is 0 Å². The predicted octanol–water partition coefficient (Wildman–Crippen LogP) is 2.67. The van der Waals surface area contributed by atoms with Crippen LogP contribution in [-0.4, -0.2) is 28.5 Å². The number of hydrogen-bond acceptors (Lipinski definition) is 3. The van der Waals surface area contributed by atoms with E-state index in [0.29, 0.717) is 25.9 Å². The standard InChI is InChI=1S/C19H27FN4O/c1-24-16-11-14(20)5-6-15(16)23-17(24)7-10-22-18(25)12-19(13-21)8-3-2-4-9-19/h5-6,11H,2-4,7-10,12-13,21H2,1H3,(H,22,25). The number of fused-ring (bicyclic) bond motifs is 1. The number of nitrogens with two attached hydrogens (primary N) is 1. The van der Waals surface area contributed by atoms with Crippen LogP contribution in [0.1, 0.15) is 44.3 Å². The van der Waals surface area contributed by atoms with Crippen molar-refractivity contribution in [3.05, 3.63) is 29.8 Å². The van der Waals surface area contributed by atoms with E-state index < -0.39 is 0 Å². The van der Waals surface area contributed by atoms with Crippen LogP contribution in [0.15, 0.2) is 18.2 Å². The molecule has 1 saturated carbocycles. The molecule has 1 aromatic carbocycles. The van der Waals surface area contributed by atoms with E-state index in [1.165, 1.54) is 31.4 Å². The van der Waals surface area contributed by atoms with Crippen LogP contribution >= 0.6 is 0 Å². The summed E-state index contributed by atoms with van der Waals surface area (Å²) in [6.07, 6.45) is 6.81. The zero-order valence-electron chi connectivity index (χ0n) is 14.9. The maximum atomic E-state index is 13.4. The Morgan fingerprint density at radius 1 is 1.36 bits per heavy atom. The minimum atomic E-state index is -0.269. The zero-order chi connectivity index (χ0) is 17.9. The number of carbonyl (C=O) groups excluding carboxylic acids is 1. The molecule has 1 aliphatic carbocycles. The van der Waals surface area contributed by atoms with Gasteiger partial charge in [-0.25, -0.2) is 9.37 Å². The van der Waals surface area contributed by atoms with Gasteiger partial charge in [-0.1, -0.05) is 19.3 Å². The van der Waals surface area contributed by atoms with Crippen molar-refractivity contribution in [3.63, 3.8) is 0 Å². The molecule has 0 saturated heterocycles. The van der Waals surface area contributed by atoms with E-state index in [2.05, 4.69) is 10.3 Å². The molecular formula is C19H27FN4O. The first-order chi connectivity index (χ1) is 12.0. The van der Waals surface area contributed by atoms with Crippen molar-refractivity contribution in [2.75, 3.05) is 13.1 Å². The molecule has 0 unspecified atom stereocenters. The molecule has 1 fully saturated rings. The molecule has 136 valence electrons. The number of aryl methyl sites for hydroxylation is 1. The molecule has 3 N–H and O–H groups in total. The van der Waals surface area contributed by atoms with Crippen molar-refractivity contribution in [2.45, 2.75) is 44.9 Å². The lowest BCUT2D eigenvalue weighted by molar-refractivity contribution is -0.123. The minimum absolute atomic E-state index is 0.0161. The second-order valence-electron chi connectivity index (χ2n) is 7.26. The Bertz CT molecular complexity index is 749. The van der Waals surface area contributed by atoms with Gasteiger partial charge in [-0.3, -0.25) is 4.79 Å². The van der Waals surface area contributed by atoms with Crippen LogP contribution in [-0.2, 0) is 18.3 Å². The Hall–Kier alpha value is -1.95. The molecule has 0 spiro atoms. The van der Waals surface area contributed by atoms with Gasteiger partial charge in [-0.05, 0) is 43.0 Å². The Kier molecular flexibility index (Phi) is 5.37. The third-order valence-corrected chi connectivity index (χ3v) is 5.49. The van der Waals surface area contributed by atoms with E-state index in [1.807, 2.05) is 11.6 Å². The van der Waals surface area contributed by atoms with Gasteiger partial charge in [0.15, 0.2) is 0 Å². The number of aromatic nitrogens is 2. The number of carbonyl (C=O) groups is 1. The van der Waals surface area contributed by atoms with Crippen molar-refractivity contribution < 1.29 is 9.18 Å². The lowest BCUT2D eigenvalue weighted by atomic mass is 9.71. The van der Waals surface area contributed by atoms with Crippen LogP contribution in [0.4, 0.5) is 4.39 Å². The normalized spacial score (nSPS) is 16.9. The first kappa shape index (κ1) is 17.9. The molecule has 0 bridgehead atoms. The van der Waals surface area contributed by atoms with Crippen molar-refractivity contribution >= 4 is 16.9 Å². The Labute approximate surface area is 147 Å². The highest BCUT2D eigenvalue weighted by Crippen LogP contribution is 2.38.